The van der Waals surface area contributed by atoms with Gasteiger partial charge < -0.3 is 9.47 Å². The molecular formula is C22H24N6O. The predicted octanol–water partition coefficient (Wildman–Crippen LogP) is 3.65. The molecule has 7 nitrogen and oxygen atoms in total. The average Bonchev–Trinajstić information content (AvgIpc) is 3.35. The number of carbonyl (C=O) groups excluding carboxylic acids is 1. The Labute approximate surface area is 169 Å². The highest BCUT2D eigenvalue weighted by atomic mass is 16.2. The number of amides is 1. The number of nitrogens with zero attached hydrogens (tertiary/aromatic N) is 5. The largest absolute Gasteiger partial charge is 0.332 e. The summed E-state index contributed by atoms with van der Waals surface area (Å²) in [7, 11) is 1.77. The van der Waals surface area contributed by atoms with Crippen molar-refractivity contribution in [1.82, 2.24) is 29.6 Å². The molecular weight excluding hydrogens is 364 g/mol. The Kier molecular flexibility index (Phi) is 4.88. The van der Waals surface area contributed by atoms with Crippen LogP contribution in [0.5, 0.6) is 0 Å². The van der Waals surface area contributed by atoms with Gasteiger partial charge in [-0.2, -0.15) is 5.10 Å². The van der Waals surface area contributed by atoms with E-state index in [1.165, 1.54) is 11.1 Å². The van der Waals surface area contributed by atoms with Crippen molar-refractivity contribution in [2.75, 3.05) is 7.05 Å². The second kappa shape index (κ2) is 7.50. The third-order valence-corrected chi connectivity index (χ3v) is 5.44. The number of fused-ring (bicyclic) bond motifs is 1. The third kappa shape index (κ3) is 3.63. The molecule has 0 aliphatic rings. The van der Waals surface area contributed by atoms with Gasteiger partial charge in [0.1, 0.15) is 5.69 Å². The van der Waals surface area contributed by atoms with Gasteiger partial charge in [-0.05, 0) is 62.2 Å². The summed E-state index contributed by atoms with van der Waals surface area (Å²) in [6.07, 6.45) is 3.55. The van der Waals surface area contributed by atoms with Crippen LogP contribution >= 0.6 is 0 Å². The zero-order valence-electron chi connectivity index (χ0n) is 17.0. The maximum Gasteiger partial charge on any atom is 0.274 e. The molecule has 0 spiro atoms. The predicted molar refractivity (Wildman–Crippen MR) is 112 cm³/mol. The fourth-order valence-electron chi connectivity index (χ4n) is 3.35. The minimum Gasteiger partial charge on any atom is -0.332 e. The van der Waals surface area contributed by atoms with Crippen molar-refractivity contribution < 1.29 is 4.79 Å². The molecule has 0 aliphatic heterocycles. The van der Waals surface area contributed by atoms with Gasteiger partial charge in [-0.3, -0.25) is 14.9 Å². The molecule has 0 radical (unpaired) electrons. The second-order valence-corrected chi connectivity index (χ2v) is 7.42. The first-order chi connectivity index (χ1) is 13.9. The summed E-state index contributed by atoms with van der Waals surface area (Å²) < 4.78 is 2.06. The zero-order chi connectivity index (χ0) is 20.5. The molecule has 4 aromatic rings. The van der Waals surface area contributed by atoms with E-state index in [4.69, 9.17) is 0 Å². The van der Waals surface area contributed by atoms with E-state index in [0.717, 1.165) is 22.4 Å². The third-order valence-electron chi connectivity index (χ3n) is 5.44. The monoisotopic (exact) mass is 388 g/mol. The van der Waals surface area contributed by atoms with Crippen molar-refractivity contribution in [3.8, 4) is 0 Å². The Morgan fingerprint density at radius 2 is 1.97 bits per heavy atom. The average molecular weight is 388 g/mol. The van der Waals surface area contributed by atoms with Crippen molar-refractivity contribution in [3.63, 3.8) is 0 Å². The van der Waals surface area contributed by atoms with Crippen LogP contribution in [0.25, 0.3) is 11.0 Å². The molecule has 0 saturated carbocycles. The molecule has 1 amide bonds. The lowest BCUT2D eigenvalue weighted by Gasteiger charge is -2.23. The highest BCUT2D eigenvalue weighted by Gasteiger charge is 2.22. The van der Waals surface area contributed by atoms with E-state index in [0.29, 0.717) is 12.2 Å². The lowest BCUT2D eigenvalue weighted by atomic mass is 10.1. The number of aromatic amines is 1. The lowest BCUT2D eigenvalue weighted by molar-refractivity contribution is 0.0734. The van der Waals surface area contributed by atoms with Crippen LogP contribution in [0.2, 0.25) is 0 Å². The van der Waals surface area contributed by atoms with Gasteiger partial charge in [0.05, 0.1) is 41.3 Å². The van der Waals surface area contributed by atoms with Crippen molar-refractivity contribution >= 4 is 16.9 Å². The van der Waals surface area contributed by atoms with Crippen molar-refractivity contribution in [2.45, 2.75) is 33.4 Å². The van der Waals surface area contributed by atoms with Gasteiger partial charge in [0.2, 0.25) is 0 Å². The summed E-state index contributed by atoms with van der Waals surface area (Å²) in [5, 5.41) is 7.22. The van der Waals surface area contributed by atoms with E-state index in [9.17, 15) is 4.79 Å². The maximum atomic E-state index is 12.9. The standard InChI is InChI=1S/C22H24N6O/c1-14-9-19-21(10-15(14)2)28(13-24-19)12-17-11-20(26-25-17)22(29)27(4)16(3)18-7-5-6-8-23-18/h5-11,13,16H,12H2,1-4H3,(H,25,26)/t16-/m0/s1. The minimum absolute atomic E-state index is 0.146. The number of benzene rings is 1. The first kappa shape index (κ1) is 18.9. The summed E-state index contributed by atoms with van der Waals surface area (Å²) in [5.74, 6) is -0.146. The van der Waals surface area contributed by atoms with E-state index in [2.05, 4.69) is 50.7 Å². The smallest absolute Gasteiger partial charge is 0.274 e. The van der Waals surface area contributed by atoms with Gasteiger partial charge in [0.15, 0.2) is 0 Å². The normalized spacial score (nSPS) is 12.3. The van der Waals surface area contributed by atoms with Crippen LogP contribution in [-0.4, -0.2) is 42.6 Å². The van der Waals surface area contributed by atoms with Crippen molar-refractivity contribution in [2.24, 2.45) is 0 Å². The van der Waals surface area contributed by atoms with Gasteiger partial charge >= 0.3 is 0 Å². The fraction of sp³-hybridized carbons (Fsp3) is 0.273. The SMILES string of the molecule is Cc1cc2ncn(Cc3cc(C(=O)N(C)[C@@H](C)c4ccccn4)n[nH]3)c2cc1C. The Hall–Kier alpha value is -3.48. The molecule has 148 valence electrons. The Morgan fingerprint density at radius 3 is 2.72 bits per heavy atom. The number of imidazole rings is 1. The molecule has 3 heterocycles. The highest BCUT2D eigenvalue weighted by Crippen LogP contribution is 2.21. The highest BCUT2D eigenvalue weighted by molar-refractivity contribution is 5.92. The molecule has 3 aromatic heterocycles. The molecule has 1 atom stereocenters. The topological polar surface area (TPSA) is 79.7 Å². The number of rotatable bonds is 5. The number of H-pyrrole nitrogens is 1. The number of aryl methyl sites for hydroxylation is 2. The minimum atomic E-state index is -0.146. The molecule has 0 aliphatic carbocycles. The quantitative estimate of drug-likeness (QED) is 0.566. The number of hydrogen-bond donors (Lipinski definition) is 1. The maximum absolute atomic E-state index is 12.9. The van der Waals surface area contributed by atoms with Gasteiger partial charge in [0.25, 0.3) is 5.91 Å². The number of hydrogen-bond acceptors (Lipinski definition) is 4. The second-order valence-electron chi connectivity index (χ2n) is 7.42. The molecule has 0 saturated heterocycles. The van der Waals surface area contributed by atoms with Gasteiger partial charge in [0, 0.05) is 13.2 Å². The summed E-state index contributed by atoms with van der Waals surface area (Å²) >= 11 is 0. The Balaban J connectivity index is 1.53. The van der Waals surface area contributed by atoms with Crippen LogP contribution in [0.4, 0.5) is 0 Å². The summed E-state index contributed by atoms with van der Waals surface area (Å²) in [5.41, 5.74) is 6.57. The van der Waals surface area contributed by atoms with Crippen LogP contribution in [0.15, 0.2) is 48.9 Å². The summed E-state index contributed by atoms with van der Waals surface area (Å²) in [4.78, 5) is 23.4. The van der Waals surface area contributed by atoms with Gasteiger partial charge in [-0.15, -0.1) is 0 Å². The van der Waals surface area contributed by atoms with E-state index in [1.54, 1.807) is 24.2 Å². The lowest BCUT2D eigenvalue weighted by Crippen LogP contribution is -2.30. The Morgan fingerprint density at radius 1 is 1.17 bits per heavy atom. The van der Waals surface area contributed by atoms with Crippen molar-refractivity contribution in [1.29, 1.82) is 0 Å². The fourth-order valence-corrected chi connectivity index (χ4v) is 3.35. The molecule has 1 aromatic carbocycles. The molecule has 7 heteroatoms. The number of carbonyl (C=O) groups is 1. The molecule has 0 fully saturated rings. The van der Waals surface area contributed by atoms with Crippen LogP contribution in [0.3, 0.4) is 0 Å². The van der Waals surface area contributed by atoms with Crippen LogP contribution in [0, 0.1) is 13.8 Å². The van der Waals surface area contributed by atoms with E-state index >= 15 is 0 Å². The number of pyridine rings is 1. The zero-order valence-corrected chi connectivity index (χ0v) is 17.0. The Bertz CT molecular complexity index is 1160. The van der Waals surface area contributed by atoms with Gasteiger partial charge in [-0.25, -0.2) is 4.98 Å². The van der Waals surface area contributed by atoms with Gasteiger partial charge in [-0.1, -0.05) is 6.07 Å². The van der Waals surface area contributed by atoms with E-state index < -0.39 is 0 Å². The van der Waals surface area contributed by atoms with Crippen molar-refractivity contribution in [3.05, 3.63) is 77.1 Å². The van der Waals surface area contributed by atoms with E-state index in [1.807, 2.05) is 31.5 Å². The molecule has 4 rings (SSSR count). The molecule has 0 bridgehead atoms. The number of nitrogens with one attached hydrogen (secondary N) is 1. The van der Waals surface area contributed by atoms with Crippen LogP contribution < -0.4 is 0 Å². The molecule has 29 heavy (non-hydrogen) atoms. The molecule has 0 unspecified atom stereocenters. The first-order valence-electron chi connectivity index (χ1n) is 9.58. The first-order valence-corrected chi connectivity index (χ1v) is 9.58. The van der Waals surface area contributed by atoms with E-state index in [-0.39, 0.29) is 11.9 Å². The summed E-state index contributed by atoms with van der Waals surface area (Å²) in [6, 6.07) is 11.6. The molecule has 1 N–H and O–H groups in total. The summed E-state index contributed by atoms with van der Waals surface area (Å²) in [6.45, 7) is 6.70. The number of aromatic nitrogens is 5. The van der Waals surface area contributed by atoms with Crippen LogP contribution in [-0.2, 0) is 6.54 Å². The van der Waals surface area contributed by atoms with Crippen LogP contribution in [0.1, 0.15) is 46.0 Å².